The fourth-order valence-electron chi connectivity index (χ4n) is 21.3. The summed E-state index contributed by atoms with van der Waals surface area (Å²) in [4.78, 5) is 44.6. The molecule has 0 unspecified atom stereocenters. The standard InChI is InChI=1S/3C45H28N4S/c1-3-14-29(15-4-1)43-46-44(30-16-5-2-6-17-30)48-45(47-43)32-19-13-18-31(28-32)33-20-7-10-23-38(33)49-39-24-11-8-21-34(39)36-26-27-37-35-22-9-12-25-40(35)50-42(37)41(36)49;1-3-13-29(14-4-1)43-46-44(30-15-5-2-6-16-30)48-45(47-43)33-19-11-17-31(27-33)32-18-12-20-34(28-32)49-39-23-9-7-21-35(39)37-25-26-38-36-22-8-10-24-40(36)50-42(38)41(37)49;1-3-12-30(13-4-1)43-46-44(31-14-5-2-6-15-31)48-45(47-43)33-17-11-16-32(28-33)29-22-24-34(25-23-29)49-39-20-9-7-18-35(39)37-26-27-38-36-19-8-10-21-40(36)50-42(38)41(37)49/h3*1-28H. The molecule has 12 nitrogen and oxygen atoms in total. The normalized spacial score (nSPS) is 11.6. The van der Waals surface area contributed by atoms with E-state index in [-0.39, 0.29) is 0 Å². The monoisotopic (exact) mass is 1970 g/mol. The van der Waals surface area contributed by atoms with Crippen molar-refractivity contribution in [1.82, 2.24) is 58.6 Å². The molecule has 0 saturated carbocycles. The summed E-state index contributed by atoms with van der Waals surface area (Å²) in [5.41, 5.74) is 26.0. The zero-order chi connectivity index (χ0) is 99.1. The molecule has 0 amide bonds. The van der Waals surface area contributed by atoms with Gasteiger partial charge >= 0.3 is 0 Å². The van der Waals surface area contributed by atoms with Crippen LogP contribution in [0.25, 0.3) is 279 Å². The molecule has 0 spiro atoms. The van der Waals surface area contributed by atoms with Crippen LogP contribution in [0.2, 0.25) is 0 Å². The Bertz CT molecular complexity index is 10300. The Morgan fingerprint density at radius 3 is 0.753 bits per heavy atom. The molecule has 702 valence electrons. The second kappa shape index (κ2) is 37.7. The van der Waals surface area contributed by atoms with Crippen LogP contribution >= 0.6 is 34.0 Å². The second-order valence-electron chi connectivity index (χ2n) is 37.3. The third kappa shape index (κ3) is 16.0. The van der Waals surface area contributed by atoms with Crippen LogP contribution in [0.4, 0.5) is 0 Å². The Hall–Kier alpha value is -19.3. The number of aromatic nitrogens is 12. The van der Waals surface area contributed by atoms with Crippen LogP contribution in [-0.4, -0.2) is 58.6 Å². The third-order valence-electron chi connectivity index (χ3n) is 28.4. The van der Waals surface area contributed by atoms with E-state index in [4.69, 9.17) is 44.9 Å². The van der Waals surface area contributed by atoms with Gasteiger partial charge in [0, 0.05) is 146 Å². The van der Waals surface area contributed by atoms with Gasteiger partial charge in [-0.1, -0.05) is 425 Å². The van der Waals surface area contributed by atoms with Gasteiger partial charge in [-0.05, 0) is 113 Å². The molecule has 0 fully saturated rings. The van der Waals surface area contributed by atoms with Crippen LogP contribution in [0.15, 0.2) is 510 Å². The van der Waals surface area contributed by atoms with Crippen molar-refractivity contribution in [1.29, 1.82) is 0 Å². The Morgan fingerprint density at radius 2 is 0.387 bits per heavy atom. The Morgan fingerprint density at radius 1 is 0.140 bits per heavy atom. The number of thiophene rings is 3. The number of hydrogen-bond donors (Lipinski definition) is 0. The van der Waals surface area contributed by atoms with E-state index in [0.29, 0.717) is 52.4 Å². The quantitative estimate of drug-likeness (QED) is 0.0984. The second-order valence-corrected chi connectivity index (χ2v) is 40.5. The lowest BCUT2D eigenvalue weighted by molar-refractivity contribution is 1.07. The molecule has 0 aliphatic heterocycles. The molecule has 150 heavy (non-hydrogen) atoms. The Balaban J connectivity index is 0.000000108. The van der Waals surface area contributed by atoms with E-state index in [1.165, 1.54) is 126 Å². The van der Waals surface area contributed by atoms with E-state index in [2.05, 4.69) is 341 Å². The largest absolute Gasteiger partial charge is 0.308 e. The molecule has 0 saturated heterocycles. The molecule has 30 aromatic rings. The third-order valence-corrected chi connectivity index (χ3v) is 31.9. The van der Waals surface area contributed by atoms with Gasteiger partial charge in [-0.2, -0.15) is 0 Å². The van der Waals surface area contributed by atoms with Crippen molar-refractivity contribution in [3.63, 3.8) is 0 Å². The average Bonchev–Trinajstić information content (AvgIpc) is 1.58. The summed E-state index contributed by atoms with van der Waals surface area (Å²) in [6, 6.07) is 179. The minimum Gasteiger partial charge on any atom is -0.308 e. The van der Waals surface area contributed by atoms with Gasteiger partial charge in [0.15, 0.2) is 52.4 Å². The highest BCUT2D eigenvalue weighted by atomic mass is 32.1. The van der Waals surface area contributed by atoms with Gasteiger partial charge in [0.25, 0.3) is 0 Å². The van der Waals surface area contributed by atoms with Crippen molar-refractivity contribution in [2.24, 2.45) is 0 Å². The van der Waals surface area contributed by atoms with Gasteiger partial charge in [0.2, 0.25) is 0 Å². The van der Waals surface area contributed by atoms with Crippen LogP contribution in [-0.2, 0) is 0 Å². The molecular formula is C135H84N12S3. The first kappa shape index (κ1) is 88.4. The van der Waals surface area contributed by atoms with E-state index >= 15 is 0 Å². The first-order chi connectivity index (χ1) is 74.4. The van der Waals surface area contributed by atoms with Gasteiger partial charge in [-0.15, -0.1) is 34.0 Å². The molecule has 0 radical (unpaired) electrons. The minimum atomic E-state index is 0.640. The van der Waals surface area contributed by atoms with Crippen LogP contribution in [0, 0.1) is 0 Å². The van der Waals surface area contributed by atoms with Crippen LogP contribution in [0.1, 0.15) is 0 Å². The molecule has 30 rings (SSSR count). The topological polar surface area (TPSA) is 131 Å². The zero-order valence-corrected chi connectivity index (χ0v) is 83.0. The summed E-state index contributed by atoms with van der Waals surface area (Å²) in [5, 5.41) is 15.4. The van der Waals surface area contributed by atoms with Gasteiger partial charge < -0.3 is 13.7 Å². The first-order valence-corrected chi connectivity index (χ1v) is 52.6. The van der Waals surface area contributed by atoms with E-state index in [9.17, 15) is 0 Å². The SMILES string of the molecule is c1ccc(-c2nc(-c3ccccc3)nc(-c3cccc(-c4ccc(-n5c6ccccc6c6ccc7c8ccccc8sc7c65)cc4)c3)n2)cc1.c1ccc(-c2nc(-c3ccccc3)nc(-c3cccc(-c4cccc(-n5c6ccccc6c6ccc7c8ccccc8sc7c65)c4)c3)n2)cc1.c1ccc(-c2nc(-c3ccccc3)nc(-c3cccc(-c4ccccc4-n4c5ccccc5c5ccc6c7ccccc7sc6c54)c3)n2)cc1. The van der Waals surface area contributed by atoms with E-state index < -0.39 is 0 Å². The highest BCUT2D eigenvalue weighted by molar-refractivity contribution is 7.27. The fraction of sp³-hybridized carbons (Fsp3) is 0. The predicted molar refractivity (Wildman–Crippen MR) is 626 cm³/mol. The van der Waals surface area contributed by atoms with Gasteiger partial charge in [-0.3, -0.25) is 0 Å². The summed E-state index contributed by atoms with van der Waals surface area (Å²) >= 11 is 5.62. The Kier molecular flexibility index (Phi) is 22.2. The van der Waals surface area contributed by atoms with Crippen molar-refractivity contribution < 1.29 is 0 Å². The molecule has 0 N–H and O–H groups in total. The molecule has 0 aliphatic rings. The smallest absolute Gasteiger partial charge is 0.164 e. The van der Waals surface area contributed by atoms with E-state index in [1.54, 1.807) is 0 Å². The number of benzene rings is 21. The molecule has 0 aliphatic carbocycles. The molecule has 0 atom stereocenters. The number of fused-ring (bicyclic) bond motifs is 21. The van der Waals surface area contributed by atoms with Crippen LogP contribution in [0.5, 0.6) is 0 Å². The first-order valence-electron chi connectivity index (χ1n) is 50.1. The summed E-state index contributed by atoms with van der Waals surface area (Å²) in [5.74, 6) is 5.85. The average molecular weight is 1970 g/mol. The molecule has 21 aromatic carbocycles. The number of nitrogens with zero attached hydrogens (tertiary/aromatic N) is 12. The number of hydrogen-bond acceptors (Lipinski definition) is 12. The fourth-order valence-corrected chi connectivity index (χ4v) is 25.1. The molecule has 9 aromatic heterocycles. The predicted octanol–water partition coefficient (Wildman–Crippen LogP) is 36.0. The maximum Gasteiger partial charge on any atom is 0.164 e. The highest BCUT2D eigenvalue weighted by Gasteiger charge is 2.26. The molecule has 0 bridgehead atoms. The lowest BCUT2D eigenvalue weighted by Crippen LogP contribution is -2.00. The molecule has 9 heterocycles. The summed E-state index contributed by atoms with van der Waals surface area (Å²) in [6.45, 7) is 0. The van der Waals surface area contributed by atoms with E-state index in [1.807, 2.05) is 216 Å². The Labute approximate surface area is 874 Å². The summed E-state index contributed by atoms with van der Waals surface area (Å²) in [6.07, 6.45) is 0. The van der Waals surface area contributed by atoms with Crippen molar-refractivity contribution in [2.45, 2.75) is 0 Å². The van der Waals surface area contributed by atoms with Crippen molar-refractivity contribution in [3.05, 3.63) is 510 Å². The van der Waals surface area contributed by atoms with Gasteiger partial charge in [-0.25, -0.2) is 44.9 Å². The zero-order valence-electron chi connectivity index (χ0n) is 80.6. The molecular weight excluding hydrogens is 1890 g/mol. The molecule has 15 heteroatoms. The summed E-state index contributed by atoms with van der Waals surface area (Å²) in [7, 11) is 0. The van der Waals surface area contributed by atoms with Gasteiger partial charge in [0.1, 0.15) is 0 Å². The maximum atomic E-state index is 5.02. The van der Waals surface area contributed by atoms with Crippen molar-refractivity contribution in [2.75, 3.05) is 0 Å². The van der Waals surface area contributed by atoms with E-state index in [0.717, 1.165) is 101 Å². The van der Waals surface area contributed by atoms with Crippen molar-refractivity contribution in [3.8, 4) is 153 Å². The maximum absolute atomic E-state index is 5.02. The lowest BCUT2D eigenvalue weighted by Gasteiger charge is -2.15. The number of para-hydroxylation sites is 4. The van der Waals surface area contributed by atoms with Crippen LogP contribution in [0.3, 0.4) is 0 Å². The van der Waals surface area contributed by atoms with Gasteiger partial charge in [0.05, 0.1) is 52.9 Å². The number of rotatable bonds is 15. The minimum absolute atomic E-state index is 0.640. The van der Waals surface area contributed by atoms with Crippen LogP contribution < -0.4 is 0 Å². The van der Waals surface area contributed by atoms with Crippen molar-refractivity contribution >= 4 is 160 Å². The lowest BCUT2D eigenvalue weighted by atomic mass is 10.0. The highest BCUT2D eigenvalue weighted by Crippen LogP contribution is 2.50. The summed E-state index contributed by atoms with van der Waals surface area (Å²) < 4.78 is 15.2.